The van der Waals surface area contributed by atoms with Crippen LogP contribution in [-0.2, 0) is 6.54 Å². The van der Waals surface area contributed by atoms with Crippen LogP contribution >= 0.6 is 11.6 Å². The first-order chi connectivity index (χ1) is 11.7. The molecule has 0 spiro atoms. The summed E-state index contributed by atoms with van der Waals surface area (Å²) in [5.41, 5.74) is 3.35. The number of aromatic nitrogens is 1. The van der Waals surface area contributed by atoms with E-state index in [0.29, 0.717) is 17.1 Å². The fraction of sp³-hybridized carbons (Fsp3) is 0.333. The van der Waals surface area contributed by atoms with Crippen LogP contribution < -0.4 is 9.80 Å². The number of anilines is 2. The summed E-state index contributed by atoms with van der Waals surface area (Å²) in [4.78, 5) is 20.9. The average molecular weight is 344 g/mol. The van der Waals surface area contributed by atoms with Gasteiger partial charge in [-0.3, -0.25) is 9.78 Å². The Hall–Kier alpha value is -2.11. The Labute approximate surface area is 145 Å². The van der Waals surface area contributed by atoms with Crippen LogP contribution in [0.4, 0.5) is 11.4 Å². The fourth-order valence-electron chi connectivity index (χ4n) is 3.58. The van der Waals surface area contributed by atoms with Crippen molar-refractivity contribution < 1.29 is 9.90 Å². The monoisotopic (exact) mass is 343 g/mol. The molecule has 4 rings (SSSR count). The molecule has 0 bridgehead atoms. The Morgan fingerprint density at radius 2 is 2.08 bits per heavy atom. The van der Waals surface area contributed by atoms with Crippen molar-refractivity contribution in [1.82, 2.24) is 4.98 Å². The first-order valence-electron chi connectivity index (χ1n) is 8.10. The predicted octanol–water partition coefficient (Wildman–Crippen LogP) is 2.86. The SMILES string of the molecule is O=C1c2ccc(Cl)cc2CN1c1cncc(N2CCC[C@H]2CO)c1. The fourth-order valence-corrected chi connectivity index (χ4v) is 3.78. The number of halogens is 1. The minimum absolute atomic E-state index is 0.0271. The average Bonchev–Trinajstić information content (AvgIpc) is 3.19. The van der Waals surface area contributed by atoms with Gasteiger partial charge in [0.05, 0.1) is 43.0 Å². The van der Waals surface area contributed by atoms with Crippen LogP contribution in [0.15, 0.2) is 36.7 Å². The second-order valence-electron chi connectivity index (χ2n) is 6.27. The zero-order valence-corrected chi connectivity index (χ0v) is 13.9. The summed E-state index contributed by atoms with van der Waals surface area (Å²) >= 11 is 6.04. The molecule has 1 fully saturated rings. The number of nitrogens with zero attached hydrogens (tertiary/aromatic N) is 3. The molecule has 0 aliphatic carbocycles. The number of amides is 1. The molecule has 0 saturated carbocycles. The summed E-state index contributed by atoms with van der Waals surface area (Å²) in [7, 11) is 0. The molecule has 3 heterocycles. The molecule has 2 aliphatic rings. The summed E-state index contributed by atoms with van der Waals surface area (Å²) < 4.78 is 0. The van der Waals surface area contributed by atoms with E-state index >= 15 is 0 Å². The summed E-state index contributed by atoms with van der Waals surface area (Å²) in [5.74, 6) is -0.0271. The van der Waals surface area contributed by atoms with Crippen molar-refractivity contribution in [3.05, 3.63) is 52.8 Å². The van der Waals surface area contributed by atoms with Gasteiger partial charge in [0.1, 0.15) is 0 Å². The maximum absolute atomic E-state index is 12.7. The number of pyridine rings is 1. The van der Waals surface area contributed by atoms with Crippen molar-refractivity contribution in [3.63, 3.8) is 0 Å². The molecule has 1 atom stereocenters. The Morgan fingerprint density at radius 1 is 1.25 bits per heavy atom. The van der Waals surface area contributed by atoms with E-state index < -0.39 is 0 Å². The van der Waals surface area contributed by atoms with Crippen LogP contribution in [0.1, 0.15) is 28.8 Å². The summed E-state index contributed by atoms with van der Waals surface area (Å²) in [5, 5.41) is 10.2. The Morgan fingerprint density at radius 3 is 2.92 bits per heavy atom. The molecule has 2 aliphatic heterocycles. The van der Waals surface area contributed by atoms with Crippen molar-refractivity contribution in [3.8, 4) is 0 Å². The molecule has 1 aromatic carbocycles. The smallest absolute Gasteiger partial charge is 0.258 e. The summed E-state index contributed by atoms with van der Waals surface area (Å²) in [6.45, 7) is 1.54. The third-order valence-corrected chi connectivity index (χ3v) is 5.05. The standard InChI is InChI=1S/C18H18ClN3O2/c19-13-3-4-17-12(6-13)10-22(18(17)24)16-7-15(8-20-9-16)21-5-1-2-14(21)11-23/h3-4,6-9,14,23H,1-2,5,10-11H2/t14-/m0/s1. The molecule has 2 aromatic rings. The highest BCUT2D eigenvalue weighted by atomic mass is 35.5. The number of carbonyl (C=O) groups excluding carboxylic acids is 1. The maximum Gasteiger partial charge on any atom is 0.258 e. The quantitative estimate of drug-likeness (QED) is 0.931. The molecule has 24 heavy (non-hydrogen) atoms. The number of hydrogen-bond donors (Lipinski definition) is 1. The number of fused-ring (bicyclic) bond motifs is 1. The van der Waals surface area contributed by atoms with Crippen LogP contribution in [0.25, 0.3) is 0 Å². The van der Waals surface area contributed by atoms with Crippen LogP contribution in [0.3, 0.4) is 0 Å². The zero-order valence-electron chi connectivity index (χ0n) is 13.2. The van der Waals surface area contributed by atoms with Gasteiger partial charge >= 0.3 is 0 Å². The van der Waals surface area contributed by atoms with Gasteiger partial charge in [0.15, 0.2) is 0 Å². The normalized spacial score (nSPS) is 19.9. The number of carbonyl (C=O) groups is 1. The Balaban J connectivity index is 1.64. The van der Waals surface area contributed by atoms with E-state index in [1.807, 2.05) is 12.1 Å². The van der Waals surface area contributed by atoms with Gasteiger partial charge in [-0.25, -0.2) is 0 Å². The third kappa shape index (κ3) is 2.54. The van der Waals surface area contributed by atoms with E-state index in [1.165, 1.54) is 0 Å². The van der Waals surface area contributed by atoms with Crippen molar-refractivity contribution in [2.75, 3.05) is 23.0 Å². The number of aliphatic hydroxyl groups excluding tert-OH is 1. The molecule has 124 valence electrons. The number of aliphatic hydroxyl groups is 1. The van der Waals surface area contributed by atoms with E-state index in [4.69, 9.17) is 11.6 Å². The lowest BCUT2D eigenvalue weighted by Gasteiger charge is -2.26. The second-order valence-corrected chi connectivity index (χ2v) is 6.70. The van der Waals surface area contributed by atoms with E-state index in [-0.39, 0.29) is 18.6 Å². The highest BCUT2D eigenvalue weighted by Crippen LogP contribution is 2.33. The minimum Gasteiger partial charge on any atom is -0.394 e. The predicted molar refractivity (Wildman–Crippen MR) is 93.7 cm³/mol. The molecule has 0 radical (unpaired) electrons. The van der Waals surface area contributed by atoms with E-state index in [0.717, 1.165) is 36.3 Å². The van der Waals surface area contributed by atoms with Crippen molar-refractivity contribution in [2.45, 2.75) is 25.4 Å². The minimum atomic E-state index is -0.0271. The topological polar surface area (TPSA) is 56.7 Å². The van der Waals surface area contributed by atoms with Crippen molar-refractivity contribution in [2.24, 2.45) is 0 Å². The van der Waals surface area contributed by atoms with Gasteiger partial charge in [-0.1, -0.05) is 11.6 Å². The highest BCUT2D eigenvalue weighted by molar-refractivity contribution is 6.31. The first kappa shape index (κ1) is 15.4. The first-order valence-corrected chi connectivity index (χ1v) is 8.48. The van der Waals surface area contributed by atoms with Crippen LogP contribution in [0.2, 0.25) is 5.02 Å². The van der Waals surface area contributed by atoms with Gasteiger partial charge in [0, 0.05) is 17.1 Å². The van der Waals surface area contributed by atoms with Crippen LogP contribution in [0.5, 0.6) is 0 Å². The number of hydrogen-bond acceptors (Lipinski definition) is 4. The molecule has 1 aromatic heterocycles. The van der Waals surface area contributed by atoms with Gasteiger partial charge in [-0.2, -0.15) is 0 Å². The lowest BCUT2D eigenvalue weighted by atomic mass is 10.1. The Bertz CT molecular complexity index is 796. The third-order valence-electron chi connectivity index (χ3n) is 4.81. The van der Waals surface area contributed by atoms with Gasteiger partial charge < -0.3 is 14.9 Å². The largest absolute Gasteiger partial charge is 0.394 e. The maximum atomic E-state index is 12.7. The van der Waals surface area contributed by atoms with Crippen LogP contribution in [0, 0.1) is 0 Å². The molecular weight excluding hydrogens is 326 g/mol. The van der Waals surface area contributed by atoms with Crippen molar-refractivity contribution in [1.29, 1.82) is 0 Å². The molecule has 6 heteroatoms. The molecule has 0 unspecified atom stereocenters. The lowest BCUT2D eigenvalue weighted by molar-refractivity contribution is 0.0996. The molecule has 1 amide bonds. The molecule has 1 N–H and O–H groups in total. The number of benzene rings is 1. The molecule has 5 nitrogen and oxygen atoms in total. The van der Waals surface area contributed by atoms with Gasteiger partial charge in [-0.15, -0.1) is 0 Å². The van der Waals surface area contributed by atoms with Gasteiger partial charge in [0.25, 0.3) is 5.91 Å². The van der Waals surface area contributed by atoms with Crippen molar-refractivity contribution >= 4 is 28.9 Å². The van der Waals surface area contributed by atoms with Gasteiger partial charge in [0.2, 0.25) is 0 Å². The van der Waals surface area contributed by atoms with E-state index in [9.17, 15) is 9.90 Å². The lowest BCUT2D eigenvalue weighted by Crippen LogP contribution is -2.32. The summed E-state index contributed by atoms with van der Waals surface area (Å²) in [6.07, 6.45) is 5.54. The summed E-state index contributed by atoms with van der Waals surface area (Å²) in [6, 6.07) is 7.47. The molecule has 1 saturated heterocycles. The number of rotatable bonds is 3. The Kier molecular flexibility index (Phi) is 3.90. The van der Waals surface area contributed by atoms with E-state index in [1.54, 1.807) is 29.4 Å². The molecular formula is C18H18ClN3O2. The zero-order chi connectivity index (χ0) is 16.7. The van der Waals surface area contributed by atoms with E-state index in [2.05, 4.69) is 9.88 Å². The van der Waals surface area contributed by atoms with Crippen LogP contribution in [-0.4, -0.2) is 35.2 Å². The van der Waals surface area contributed by atoms with Gasteiger partial charge in [-0.05, 0) is 42.7 Å². The second kappa shape index (κ2) is 6.07. The highest BCUT2D eigenvalue weighted by Gasteiger charge is 2.30.